The molecule has 2 aliphatic rings. The highest BCUT2D eigenvalue weighted by Gasteiger charge is 2.28. The highest BCUT2D eigenvalue weighted by Crippen LogP contribution is 2.38. The van der Waals surface area contributed by atoms with E-state index in [1.165, 1.54) is 45.7 Å². The number of anilines is 1. The van der Waals surface area contributed by atoms with Crippen molar-refractivity contribution in [3.05, 3.63) is 44.2 Å². The lowest BCUT2D eigenvalue weighted by Gasteiger charge is -2.25. The molecule has 0 spiro atoms. The van der Waals surface area contributed by atoms with Gasteiger partial charge in [-0.3, -0.25) is 9.59 Å². The van der Waals surface area contributed by atoms with Gasteiger partial charge in [0.05, 0.1) is 29.3 Å². The smallest absolute Gasteiger partial charge is 0.341 e. The van der Waals surface area contributed by atoms with Gasteiger partial charge in [-0.1, -0.05) is 43.5 Å². The molecule has 12 heteroatoms. The molecule has 214 valence electrons. The first kappa shape index (κ1) is 28.8. The van der Waals surface area contributed by atoms with Crippen LogP contribution in [0.4, 0.5) is 5.00 Å². The SMILES string of the molecule is CCOC(=O)c1c(NC(=O)CSc2nnc(CNC(=O)c3cccs3)n2C2CCCCC2)sc2c1CCCCC2. The zero-order chi connectivity index (χ0) is 27.9. The van der Waals surface area contributed by atoms with E-state index in [1.54, 1.807) is 13.0 Å². The van der Waals surface area contributed by atoms with Crippen LogP contribution >= 0.6 is 34.4 Å². The van der Waals surface area contributed by atoms with Gasteiger partial charge in [-0.15, -0.1) is 32.9 Å². The van der Waals surface area contributed by atoms with Gasteiger partial charge in [0.2, 0.25) is 5.91 Å². The van der Waals surface area contributed by atoms with Gasteiger partial charge in [0.15, 0.2) is 11.0 Å². The standard InChI is InChI=1S/C28H35N5O4S3/c1-2-37-27(36)24-19-12-7-4-8-13-20(19)40-26(24)30-23(34)17-39-28-32-31-22(33(28)18-10-5-3-6-11-18)16-29-25(35)21-14-9-15-38-21/h9,14-15,18H,2-8,10-13,16-17H2,1H3,(H,29,35)(H,30,34). The van der Waals surface area contributed by atoms with Crippen LogP contribution < -0.4 is 10.6 Å². The summed E-state index contributed by atoms with van der Waals surface area (Å²) in [5.41, 5.74) is 1.56. The van der Waals surface area contributed by atoms with Crippen molar-refractivity contribution < 1.29 is 19.1 Å². The Morgan fingerprint density at radius 3 is 2.67 bits per heavy atom. The second-order valence-corrected chi connectivity index (χ2v) is 13.0. The van der Waals surface area contributed by atoms with Crippen LogP contribution in [0.1, 0.15) is 101 Å². The molecule has 0 unspecified atom stereocenters. The van der Waals surface area contributed by atoms with E-state index in [1.807, 2.05) is 11.4 Å². The average Bonchev–Trinajstić information content (AvgIpc) is 3.67. The van der Waals surface area contributed by atoms with E-state index in [-0.39, 0.29) is 36.1 Å². The van der Waals surface area contributed by atoms with E-state index in [0.29, 0.717) is 33.0 Å². The van der Waals surface area contributed by atoms with Crippen molar-refractivity contribution in [3.63, 3.8) is 0 Å². The molecule has 9 nitrogen and oxygen atoms in total. The van der Waals surface area contributed by atoms with Gasteiger partial charge in [0, 0.05) is 10.9 Å². The van der Waals surface area contributed by atoms with Gasteiger partial charge in [-0.2, -0.15) is 0 Å². The number of hydrogen-bond acceptors (Lipinski definition) is 9. The van der Waals surface area contributed by atoms with Gasteiger partial charge < -0.3 is 19.9 Å². The molecule has 3 aromatic heterocycles. The molecule has 3 heterocycles. The second-order valence-electron chi connectivity index (χ2n) is 10.0. The molecule has 2 amide bonds. The molecule has 5 rings (SSSR count). The Morgan fingerprint density at radius 2 is 1.90 bits per heavy atom. The molecule has 1 saturated carbocycles. The molecule has 2 aliphatic carbocycles. The molecule has 2 N–H and O–H groups in total. The Balaban J connectivity index is 1.29. The Kier molecular flexibility index (Phi) is 9.92. The molecule has 3 aromatic rings. The predicted octanol–water partition coefficient (Wildman–Crippen LogP) is 6.01. The van der Waals surface area contributed by atoms with Gasteiger partial charge in [-0.25, -0.2) is 4.79 Å². The maximum Gasteiger partial charge on any atom is 0.341 e. The van der Waals surface area contributed by atoms with Crippen LogP contribution in [0.15, 0.2) is 22.7 Å². The van der Waals surface area contributed by atoms with E-state index in [0.717, 1.165) is 63.4 Å². The van der Waals surface area contributed by atoms with E-state index < -0.39 is 0 Å². The number of ether oxygens (including phenoxy) is 1. The summed E-state index contributed by atoms with van der Waals surface area (Å²) in [6, 6.07) is 3.89. The third-order valence-electron chi connectivity index (χ3n) is 7.31. The van der Waals surface area contributed by atoms with Crippen LogP contribution in [0.2, 0.25) is 0 Å². The van der Waals surface area contributed by atoms with Crippen molar-refractivity contribution >= 4 is 57.2 Å². The number of aryl methyl sites for hydroxylation is 1. The van der Waals surface area contributed by atoms with Gasteiger partial charge >= 0.3 is 5.97 Å². The lowest BCUT2D eigenvalue weighted by Crippen LogP contribution is -2.26. The minimum atomic E-state index is -0.365. The van der Waals surface area contributed by atoms with Crippen LogP contribution in [0.3, 0.4) is 0 Å². The molecule has 0 aromatic carbocycles. The summed E-state index contributed by atoms with van der Waals surface area (Å²) >= 11 is 4.24. The quantitative estimate of drug-likeness (QED) is 0.166. The number of nitrogens with one attached hydrogen (secondary N) is 2. The van der Waals surface area contributed by atoms with Gasteiger partial charge in [-0.05, 0) is 62.5 Å². The van der Waals surface area contributed by atoms with E-state index in [4.69, 9.17) is 4.74 Å². The minimum absolute atomic E-state index is 0.131. The fraction of sp³-hybridized carbons (Fsp3) is 0.536. The van der Waals surface area contributed by atoms with Crippen molar-refractivity contribution in [1.82, 2.24) is 20.1 Å². The van der Waals surface area contributed by atoms with Crippen LogP contribution in [-0.2, 0) is 28.9 Å². The van der Waals surface area contributed by atoms with Crippen LogP contribution in [-0.4, -0.2) is 44.9 Å². The highest BCUT2D eigenvalue weighted by molar-refractivity contribution is 7.99. The number of amides is 2. The summed E-state index contributed by atoms with van der Waals surface area (Å²) in [5.74, 6) is 0.144. The number of rotatable bonds is 10. The molecular formula is C28H35N5O4S3. The normalized spacial score (nSPS) is 15.7. The number of carbonyl (C=O) groups is 3. The number of fused-ring (bicyclic) bond motifs is 1. The molecule has 0 saturated heterocycles. The number of nitrogens with zero attached hydrogens (tertiary/aromatic N) is 3. The van der Waals surface area contributed by atoms with Crippen molar-refractivity contribution in [1.29, 1.82) is 0 Å². The molecular weight excluding hydrogens is 567 g/mol. The monoisotopic (exact) mass is 601 g/mol. The summed E-state index contributed by atoms with van der Waals surface area (Å²) in [5, 5.41) is 17.9. The van der Waals surface area contributed by atoms with Crippen LogP contribution in [0, 0.1) is 0 Å². The van der Waals surface area contributed by atoms with E-state index >= 15 is 0 Å². The summed E-state index contributed by atoms with van der Waals surface area (Å²) < 4.78 is 7.47. The molecule has 0 bridgehead atoms. The lowest BCUT2D eigenvalue weighted by molar-refractivity contribution is -0.113. The first-order valence-electron chi connectivity index (χ1n) is 14.0. The topological polar surface area (TPSA) is 115 Å². The predicted molar refractivity (Wildman–Crippen MR) is 159 cm³/mol. The zero-order valence-electron chi connectivity index (χ0n) is 22.7. The minimum Gasteiger partial charge on any atom is -0.462 e. The Morgan fingerprint density at radius 1 is 1.10 bits per heavy atom. The highest BCUT2D eigenvalue weighted by atomic mass is 32.2. The van der Waals surface area contributed by atoms with Crippen LogP contribution in [0.25, 0.3) is 0 Å². The molecule has 40 heavy (non-hydrogen) atoms. The largest absolute Gasteiger partial charge is 0.462 e. The summed E-state index contributed by atoms with van der Waals surface area (Å²) in [6.45, 7) is 2.36. The van der Waals surface area contributed by atoms with Gasteiger partial charge in [0.25, 0.3) is 5.91 Å². The van der Waals surface area contributed by atoms with E-state index in [9.17, 15) is 14.4 Å². The molecule has 0 atom stereocenters. The number of thiophene rings is 2. The van der Waals surface area contributed by atoms with Gasteiger partial charge in [0.1, 0.15) is 5.00 Å². The van der Waals surface area contributed by atoms with Crippen molar-refractivity contribution in [2.45, 2.75) is 88.9 Å². The summed E-state index contributed by atoms with van der Waals surface area (Å²) in [7, 11) is 0. The maximum absolute atomic E-state index is 13.1. The number of hydrogen-bond donors (Lipinski definition) is 2. The number of carbonyl (C=O) groups excluding carboxylic acids is 3. The van der Waals surface area contributed by atoms with Crippen LogP contribution in [0.5, 0.6) is 0 Å². The summed E-state index contributed by atoms with van der Waals surface area (Å²) in [4.78, 5) is 40.4. The van der Waals surface area contributed by atoms with Crippen molar-refractivity contribution in [3.8, 4) is 0 Å². The Bertz CT molecular complexity index is 1330. The lowest BCUT2D eigenvalue weighted by atomic mass is 9.95. The first-order chi connectivity index (χ1) is 19.5. The summed E-state index contributed by atoms with van der Waals surface area (Å²) in [6.07, 6.45) is 10.5. The number of esters is 1. The molecule has 0 aliphatic heterocycles. The Labute approximate surface area is 246 Å². The first-order valence-corrected chi connectivity index (χ1v) is 16.7. The third-order valence-corrected chi connectivity index (χ3v) is 10.3. The average molecular weight is 602 g/mol. The van der Waals surface area contributed by atoms with Crippen molar-refractivity contribution in [2.75, 3.05) is 17.7 Å². The van der Waals surface area contributed by atoms with Crippen molar-refractivity contribution in [2.24, 2.45) is 0 Å². The Hall–Kier alpha value is -2.70. The van der Waals surface area contributed by atoms with E-state index in [2.05, 4.69) is 25.4 Å². The third kappa shape index (κ3) is 6.77. The fourth-order valence-electron chi connectivity index (χ4n) is 5.43. The fourth-order valence-corrected chi connectivity index (χ4v) is 8.19. The molecule has 1 fully saturated rings. The molecule has 0 radical (unpaired) electrons. The maximum atomic E-state index is 13.1. The second kappa shape index (κ2) is 13.8. The zero-order valence-corrected chi connectivity index (χ0v) is 25.2. The number of aromatic nitrogens is 3. The number of thioether (sulfide) groups is 1.